The molecule has 1 fully saturated rings. The van der Waals surface area contributed by atoms with Crippen LogP contribution in [0.5, 0.6) is 0 Å². The highest BCUT2D eigenvalue weighted by molar-refractivity contribution is 5.89. The summed E-state index contributed by atoms with van der Waals surface area (Å²) in [6.07, 6.45) is 2.62. The number of hydrogen-bond acceptors (Lipinski definition) is 4. The monoisotopic (exact) mass is 272 g/mol. The first-order chi connectivity index (χ1) is 8.90. The quantitative estimate of drug-likeness (QED) is 0.501. The second kappa shape index (κ2) is 6.51. The van der Waals surface area contributed by atoms with Gasteiger partial charge in [-0.1, -0.05) is 12.8 Å². The van der Waals surface area contributed by atoms with Crippen LogP contribution in [0.3, 0.4) is 0 Å². The molecule has 0 radical (unpaired) electrons. The molecule has 0 spiro atoms. The van der Waals surface area contributed by atoms with Crippen molar-refractivity contribution >= 4 is 17.8 Å². The van der Waals surface area contributed by atoms with Gasteiger partial charge in [-0.2, -0.15) is 0 Å². The number of carbonyl (C=O) groups excluding carboxylic acids is 2. The SMILES string of the molecule is CC(C(=O)NO)N(C)C(=O)[C@@H]1CCCC[C@H]1C(=O)O. The van der Waals surface area contributed by atoms with Gasteiger partial charge in [-0.15, -0.1) is 0 Å². The van der Waals surface area contributed by atoms with Gasteiger partial charge in [-0.05, 0) is 19.8 Å². The van der Waals surface area contributed by atoms with Gasteiger partial charge in [-0.25, -0.2) is 5.48 Å². The molecule has 0 saturated heterocycles. The van der Waals surface area contributed by atoms with Gasteiger partial charge < -0.3 is 10.0 Å². The predicted molar refractivity (Wildman–Crippen MR) is 65.2 cm³/mol. The molecule has 1 aliphatic carbocycles. The van der Waals surface area contributed by atoms with Crippen molar-refractivity contribution in [3.63, 3.8) is 0 Å². The Morgan fingerprint density at radius 1 is 1.21 bits per heavy atom. The molecule has 2 amide bonds. The first kappa shape index (κ1) is 15.4. The van der Waals surface area contributed by atoms with Crippen LogP contribution in [0.2, 0.25) is 0 Å². The van der Waals surface area contributed by atoms with Crippen LogP contribution in [-0.2, 0) is 14.4 Å². The van der Waals surface area contributed by atoms with E-state index in [-0.39, 0.29) is 5.91 Å². The molecule has 0 aromatic rings. The summed E-state index contributed by atoms with van der Waals surface area (Å²) in [6, 6.07) is -0.839. The Morgan fingerprint density at radius 3 is 2.21 bits per heavy atom. The summed E-state index contributed by atoms with van der Waals surface area (Å²) in [6.45, 7) is 1.47. The number of rotatable bonds is 4. The van der Waals surface area contributed by atoms with Gasteiger partial charge in [0.05, 0.1) is 11.8 Å². The maximum absolute atomic E-state index is 12.3. The highest BCUT2D eigenvalue weighted by atomic mass is 16.5. The molecule has 1 unspecified atom stereocenters. The summed E-state index contributed by atoms with van der Waals surface area (Å²) in [5.41, 5.74) is 1.49. The lowest BCUT2D eigenvalue weighted by Gasteiger charge is -2.33. The zero-order valence-electron chi connectivity index (χ0n) is 11.1. The zero-order chi connectivity index (χ0) is 14.6. The summed E-state index contributed by atoms with van der Waals surface area (Å²) < 4.78 is 0. The van der Waals surface area contributed by atoms with E-state index in [4.69, 9.17) is 10.3 Å². The molecule has 1 saturated carbocycles. The van der Waals surface area contributed by atoms with Gasteiger partial charge in [0.25, 0.3) is 5.91 Å². The third kappa shape index (κ3) is 3.44. The van der Waals surface area contributed by atoms with Crippen LogP contribution in [0, 0.1) is 11.8 Å². The summed E-state index contributed by atoms with van der Waals surface area (Å²) in [5.74, 6) is -3.30. The maximum Gasteiger partial charge on any atom is 0.307 e. The van der Waals surface area contributed by atoms with Crippen molar-refractivity contribution in [2.45, 2.75) is 38.6 Å². The fraction of sp³-hybridized carbons (Fsp3) is 0.750. The van der Waals surface area contributed by atoms with Crippen LogP contribution < -0.4 is 5.48 Å². The van der Waals surface area contributed by atoms with E-state index in [1.165, 1.54) is 24.4 Å². The standard InChI is InChI=1S/C12H20N2O5/c1-7(10(15)13-19)14(2)11(16)8-5-3-4-6-9(8)12(17)18/h7-9,19H,3-6H2,1-2H3,(H,13,15)(H,17,18)/t7?,8-,9-/m1/s1. The molecule has 0 aromatic carbocycles. The summed E-state index contributed by atoms with van der Waals surface area (Å²) in [4.78, 5) is 35.9. The number of carboxylic acid groups (broad SMARTS) is 1. The molecule has 0 aliphatic heterocycles. The number of likely N-dealkylation sites (N-methyl/N-ethyl adjacent to an activating group) is 1. The first-order valence-corrected chi connectivity index (χ1v) is 6.33. The minimum Gasteiger partial charge on any atom is -0.481 e. The molecule has 0 heterocycles. The average molecular weight is 272 g/mol. The molecular weight excluding hydrogens is 252 g/mol. The van der Waals surface area contributed by atoms with E-state index in [2.05, 4.69) is 0 Å². The maximum atomic E-state index is 12.3. The van der Waals surface area contributed by atoms with Crippen molar-refractivity contribution in [2.75, 3.05) is 7.05 Å². The van der Waals surface area contributed by atoms with Crippen molar-refractivity contribution in [2.24, 2.45) is 11.8 Å². The van der Waals surface area contributed by atoms with Gasteiger partial charge in [0.2, 0.25) is 5.91 Å². The summed E-state index contributed by atoms with van der Waals surface area (Å²) >= 11 is 0. The predicted octanol–water partition coefficient (Wildman–Crippen LogP) is 0.230. The molecule has 7 nitrogen and oxygen atoms in total. The molecule has 19 heavy (non-hydrogen) atoms. The van der Waals surface area contributed by atoms with Gasteiger partial charge in [0.15, 0.2) is 0 Å². The van der Waals surface area contributed by atoms with Crippen LogP contribution in [-0.4, -0.2) is 46.1 Å². The fourth-order valence-electron chi connectivity index (χ4n) is 2.44. The minimum absolute atomic E-state index is 0.358. The van der Waals surface area contributed by atoms with E-state index in [1.807, 2.05) is 0 Å². The van der Waals surface area contributed by atoms with Crippen molar-refractivity contribution in [1.82, 2.24) is 10.4 Å². The molecule has 3 N–H and O–H groups in total. The van der Waals surface area contributed by atoms with Crippen LogP contribution in [0.15, 0.2) is 0 Å². The fourth-order valence-corrected chi connectivity index (χ4v) is 2.44. The van der Waals surface area contributed by atoms with Crippen molar-refractivity contribution in [3.8, 4) is 0 Å². The van der Waals surface area contributed by atoms with Crippen molar-refractivity contribution < 1.29 is 24.7 Å². The number of carboxylic acids is 1. The average Bonchev–Trinajstić information content (AvgIpc) is 2.43. The minimum atomic E-state index is -0.967. The van der Waals surface area contributed by atoms with Crippen LogP contribution in [0.1, 0.15) is 32.6 Å². The van der Waals surface area contributed by atoms with E-state index in [0.29, 0.717) is 12.8 Å². The Hall–Kier alpha value is -1.63. The zero-order valence-corrected chi connectivity index (χ0v) is 11.1. The molecule has 3 atom stereocenters. The molecule has 0 bridgehead atoms. The van der Waals surface area contributed by atoms with Crippen molar-refractivity contribution in [3.05, 3.63) is 0 Å². The number of nitrogens with one attached hydrogen (secondary N) is 1. The van der Waals surface area contributed by atoms with E-state index in [9.17, 15) is 14.4 Å². The molecule has 1 rings (SSSR count). The number of aliphatic carboxylic acids is 1. The molecule has 108 valence electrons. The highest BCUT2D eigenvalue weighted by Gasteiger charge is 2.38. The second-order valence-corrected chi connectivity index (χ2v) is 4.94. The number of nitrogens with zero attached hydrogens (tertiary/aromatic N) is 1. The topological polar surface area (TPSA) is 107 Å². The van der Waals surface area contributed by atoms with Gasteiger partial charge in [-0.3, -0.25) is 19.6 Å². The molecular formula is C12H20N2O5. The Labute approximate surface area is 111 Å². The lowest BCUT2D eigenvalue weighted by molar-refractivity contribution is -0.154. The first-order valence-electron chi connectivity index (χ1n) is 6.33. The van der Waals surface area contributed by atoms with E-state index >= 15 is 0 Å². The summed E-state index contributed by atoms with van der Waals surface area (Å²) in [5, 5.41) is 17.7. The third-order valence-electron chi connectivity index (χ3n) is 3.82. The molecule has 7 heteroatoms. The Balaban J connectivity index is 2.79. The Morgan fingerprint density at radius 2 is 1.74 bits per heavy atom. The largest absolute Gasteiger partial charge is 0.481 e. The van der Waals surface area contributed by atoms with Gasteiger partial charge in [0, 0.05) is 7.05 Å². The van der Waals surface area contributed by atoms with Crippen molar-refractivity contribution in [1.29, 1.82) is 0 Å². The lowest BCUT2D eigenvalue weighted by Crippen LogP contribution is -2.49. The lowest BCUT2D eigenvalue weighted by atomic mass is 9.78. The number of carbonyl (C=O) groups is 3. The summed E-state index contributed by atoms with van der Waals surface area (Å²) in [7, 11) is 1.44. The van der Waals surface area contributed by atoms with Crippen LogP contribution >= 0.6 is 0 Å². The van der Waals surface area contributed by atoms with Gasteiger partial charge >= 0.3 is 5.97 Å². The van der Waals surface area contributed by atoms with Crippen LogP contribution in [0.4, 0.5) is 0 Å². The second-order valence-electron chi connectivity index (χ2n) is 4.94. The van der Waals surface area contributed by atoms with E-state index in [0.717, 1.165) is 12.8 Å². The molecule has 1 aliphatic rings. The third-order valence-corrected chi connectivity index (χ3v) is 3.82. The highest BCUT2D eigenvalue weighted by Crippen LogP contribution is 2.31. The van der Waals surface area contributed by atoms with E-state index in [1.54, 1.807) is 0 Å². The molecule has 0 aromatic heterocycles. The Bertz CT molecular complexity index is 371. The van der Waals surface area contributed by atoms with Gasteiger partial charge in [0.1, 0.15) is 6.04 Å². The number of hydrogen-bond donors (Lipinski definition) is 3. The normalized spacial score (nSPS) is 24.4. The van der Waals surface area contributed by atoms with Crippen LogP contribution in [0.25, 0.3) is 0 Å². The Kier molecular flexibility index (Phi) is 5.29. The number of amides is 2. The van der Waals surface area contributed by atoms with E-state index < -0.39 is 29.8 Å². The smallest absolute Gasteiger partial charge is 0.307 e. The number of hydroxylamine groups is 1.